The van der Waals surface area contributed by atoms with Crippen LogP contribution in [0.15, 0.2) is 11.0 Å². The van der Waals surface area contributed by atoms with Gasteiger partial charge in [-0.05, 0) is 38.7 Å². The third kappa shape index (κ3) is 4.63. The van der Waals surface area contributed by atoms with E-state index in [1.54, 1.807) is 50.5 Å². The van der Waals surface area contributed by atoms with Gasteiger partial charge in [0.05, 0.1) is 16.5 Å². The smallest absolute Gasteiger partial charge is 0.414 e. The number of aromatic nitrogens is 4. The van der Waals surface area contributed by atoms with Crippen LogP contribution in [0.3, 0.4) is 0 Å². The first-order chi connectivity index (χ1) is 11.8. The molecule has 0 atom stereocenters. The number of nitrogens with zero attached hydrogens (tertiary/aromatic N) is 3. The molecule has 25 heavy (non-hydrogen) atoms. The van der Waals surface area contributed by atoms with Gasteiger partial charge in [-0.15, -0.1) is 23.5 Å². The Hall–Kier alpha value is -1.81. The van der Waals surface area contributed by atoms with Gasteiger partial charge in [-0.2, -0.15) is 4.98 Å². The Morgan fingerprint density at radius 1 is 1.32 bits per heavy atom. The first-order valence-corrected chi connectivity index (χ1v) is 9.92. The van der Waals surface area contributed by atoms with Gasteiger partial charge in [0.2, 0.25) is 5.95 Å². The van der Waals surface area contributed by atoms with Crippen molar-refractivity contribution in [2.75, 3.05) is 16.8 Å². The van der Waals surface area contributed by atoms with E-state index in [1.807, 2.05) is 0 Å². The molecule has 10 heteroatoms. The van der Waals surface area contributed by atoms with Crippen LogP contribution in [0.5, 0.6) is 0 Å². The first kappa shape index (κ1) is 18.0. The van der Waals surface area contributed by atoms with Crippen molar-refractivity contribution in [3.05, 3.63) is 22.2 Å². The molecule has 1 aliphatic heterocycles. The molecule has 1 fully saturated rings. The number of fused-ring (bicyclic) bond motifs is 1. The lowest BCUT2D eigenvalue weighted by molar-refractivity contribution is 0.0634. The second-order valence-corrected chi connectivity index (χ2v) is 9.16. The molecule has 2 aromatic heterocycles. The van der Waals surface area contributed by atoms with Crippen molar-refractivity contribution in [3.63, 3.8) is 0 Å². The van der Waals surface area contributed by atoms with E-state index in [0.29, 0.717) is 0 Å². The summed E-state index contributed by atoms with van der Waals surface area (Å²) in [6, 6.07) is 0. The first-order valence-electron chi connectivity index (χ1n) is 7.82. The van der Waals surface area contributed by atoms with E-state index in [1.165, 1.54) is 6.42 Å². The summed E-state index contributed by atoms with van der Waals surface area (Å²) in [4.78, 5) is 39.4. The lowest BCUT2D eigenvalue weighted by Gasteiger charge is -2.20. The maximum Gasteiger partial charge on any atom is 0.414 e. The number of nitrogens with one attached hydrogen (secondary N) is 2. The highest BCUT2D eigenvalue weighted by Crippen LogP contribution is 2.42. The second-order valence-electron chi connectivity index (χ2n) is 6.44. The monoisotopic (exact) mass is 381 g/mol. The van der Waals surface area contributed by atoms with Crippen molar-refractivity contribution in [1.29, 1.82) is 0 Å². The van der Waals surface area contributed by atoms with Gasteiger partial charge in [0.25, 0.3) is 5.56 Å². The third-order valence-electron chi connectivity index (χ3n) is 3.12. The minimum absolute atomic E-state index is 0.0183. The molecule has 0 radical (unpaired) electrons. The molecule has 0 saturated carbocycles. The fourth-order valence-electron chi connectivity index (χ4n) is 2.16. The lowest BCUT2D eigenvalue weighted by Crippen LogP contribution is -2.28. The predicted molar refractivity (Wildman–Crippen MR) is 100 cm³/mol. The maximum atomic E-state index is 12.3. The predicted octanol–water partition coefficient (Wildman–Crippen LogP) is 2.93. The normalized spacial score (nSPS) is 16.0. The van der Waals surface area contributed by atoms with Crippen molar-refractivity contribution >= 4 is 46.7 Å². The van der Waals surface area contributed by atoms with Crippen LogP contribution >= 0.6 is 23.5 Å². The minimum atomic E-state index is -0.699. The van der Waals surface area contributed by atoms with Crippen LogP contribution in [-0.4, -0.2) is 43.1 Å². The topological polar surface area (TPSA) is 110 Å². The molecule has 134 valence electrons. The molecule has 1 aliphatic rings. The van der Waals surface area contributed by atoms with E-state index in [-0.39, 0.29) is 21.7 Å². The van der Waals surface area contributed by atoms with Crippen LogP contribution in [0.1, 0.15) is 37.5 Å². The molecule has 1 saturated heterocycles. The summed E-state index contributed by atoms with van der Waals surface area (Å²) in [5.41, 5.74) is 0.0209. The number of H-pyrrole nitrogens is 1. The fraction of sp³-hybridized carbons (Fsp3) is 0.533. The van der Waals surface area contributed by atoms with Crippen molar-refractivity contribution in [3.8, 4) is 0 Å². The molecular formula is C15H19N5O3S2. The Morgan fingerprint density at radius 2 is 2.04 bits per heavy atom. The highest BCUT2D eigenvalue weighted by atomic mass is 32.2. The van der Waals surface area contributed by atoms with E-state index >= 15 is 0 Å². The van der Waals surface area contributed by atoms with Crippen LogP contribution in [0.25, 0.3) is 11.2 Å². The van der Waals surface area contributed by atoms with Crippen LogP contribution in [0, 0.1) is 0 Å². The number of aromatic amines is 1. The summed E-state index contributed by atoms with van der Waals surface area (Å²) in [5, 5.41) is 2.41. The minimum Gasteiger partial charge on any atom is -0.444 e. The standard InChI is InChI=1S/C15H19N5O3S2/c1-15(2,3)23-14(22)20-13-18-10-9(11(21)19-13)17-8(7-16-10)12-24-5-4-6-25-12/h7,12H,4-6H2,1-3H3,(H2,16,18,19,20,21,22). The molecular weight excluding hydrogens is 362 g/mol. The van der Waals surface area contributed by atoms with Crippen molar-refractivity contribution in [2.45, 2.75) is 37.4 Å². The van der Waals surface area contributed by atoms with Gasteiger partial charge in [0, 0.05) is 0 Å². The highest BCUT2D eigenvalue weighted by Gasteiger charge is 2.21. The molecule has 0 bridgehead atoms. The van der Waals surface area contributed by atoms with Gasteiger partial charge < -0.3 is 4.74 Å². The average Bonchev–Trinajstić information content (AvgIpc) is 2.53. The number of ether oxygens (including phenoxy) is 1. The lowest BCUT2D eigenvalue weighted by atomic mass is 10.2. The Bertz CT molecular complexity index is 843. The number of rotatable bonds is 2. The van der Waals surface area contributed by atoms with Crippen LogP contribution in [-0.2, 0) is 4.74 Å². The van der Waals surface area contributed by atoms with Crippen LogP contribution < -0.4 is 10.9 Å². The molecule has 0 spiro atoms. The number of hydrogen-bond donors (Lipinski definition) is 2. The molecule has 1 amide bonds. The molecule has 8 nitrogen and oxygen atoms in total. The maximum absolute atomic E-state index is 12.3. The van der Waals surface area contributed by atoms with Crippen molar-refractivity contribution in [1.82, 2.24) is 19.9 Å². The van der Waals surface area contributed by atoms with Gasteiger partial charge in [0.15, 0.2) is 11.2 Å². The van der Waals surface area contributed by atoms with Gasteiger partial charge in [-0.1, -0.05) is 0 Å². The van der Waals surface area contributed by atoms with Crippen LogP contribution in [0.4, 0.5) is 10.7 Å². The summed E-state index contributed by atoms with van der Waals surface area (Å²) in [7, 11) is 0. The Labute approximate surface area is 153 Å². The van der Waals surface area contributed by atoms with Gasteiger partial charge in [-0.25, -0.2) is 14.8 Å². The summed E-state index contributed by atoms with van der Waals surface area (Å²) in [6.07, 6.45) is 2.12. The molecule has 3 rings (SSSR count). The number of hydrogen-bond acceptors (Lipinski definition) is 8. The SMILES string of the molecule is CC(C)(C)OC(=O)Nc1nc2ncc(C3SCCCS3)nc2c(=O)[nH]1. The molecule has 0 unspecified atom stereocenters. The number of carbonyl (C=O) groups excluding carboxylic acids is 1. The van der Waals surface area contributed by atoms with Gasteiger partial charge in [-0.3, -0.25) is 15.1 Å². The molecule has 0 aliphatic carbocycles. The van der Waals surface area contributed by atoms with Crippen molar-refractivity contribution < 1.29 is 9.53 Å². The Kier molecular flexibility index (Phi) is 5.19. The van der Waals surface area contributed by atoms with E-state index in [9.17, 15) is 9.59 Å². The van der Waals surface area contributed by atoms with E-state index in [0.717, 1.165) is 17.2 Å². The molecule has 2 N–H and O–H groups in total. The molecule has 0 aromatic carbocycles. The number of anilines is 1. The summed E-state index contributed by atoms with van der Waals surface area (Å²) in [5.74, 6) is 2.13. The highest BCUT2D eigenvalue weighted by molar-refractivity contribution is 8.16. The van der Waals surface area contributed by atoms with Gasteiger partial charge in [0.1, 0.15) is 5.60 Å². The Balaban J connectivity index is 1.85. The van der Waals surface area contributed by atoms with Crippen molar-refractivity contribution in [2.24, 2.45) is 0 Å². The largest absolute Gasteiger partial charge is 0.444 e. The van der Waals surface area contributed by atoms with Crippen LogP contribution in [0.2, 0.25) is 0 Å². The fourth-order valence-corrected chi connectivity index (χ4v) is 4.93. The number of thioether (sulfide) groups is 2. The van der Waals surface area contributed by atoms with E-state index < -0.39 is 17.3 Å². The quantitative estimate of drug-likeness (QED) is 0.817. The van der Waals surface area contributed by atoms with E-state index in [2.05, 4.69) is 25.3 Å². The summed E-state index contributed by atoms with van der Waals surface area (Å²) in [6.45, 7) is 5.24. The zero-order valence-electron chi connectivity index (χ0n) is 14.2. The Morgan fingerprint density at radius 3 is 2.72 bits per heavy atom. The third-order valence-corrected chi connectivity index (χ3v) is 6.08. The molecule has 3 heterocycles. The average molecular weight is 381 g/mol. The molecule has 2 aromatic rings. The number of carbonyl (C=O) groups is 1. The van der Waals surface area contributed by atoms with Gasteiger partial charge >= 0.3 is 6.09 Å². The zero-order chi connectivity index (χ0) is 18.0. The van der Waals surface area contributed by atoms with E-state index in [4.69, 9.17) is 4.74 Å². The zero-order valence-corrected chi connectivity index (χ0v) is 15.8. The number of amides is 1. The second kappa shape index (κ2) is 7.20. The summed E-state index contributed by atoms with van der Waals surface area (Å²) < 4.78 is 5.32. The summed E-state index contributed by atoms with van der Waals surface area (Å²) >= 11 is 3.60.